The fourth-order valence-corrected chi connectivity index (χ4v) is 2.18. The van der Waals surface area contributed by atoms with Crippen LogP contribution in [0.15, 0.2) is 17.4 Å². The first-order valence-corrected chi connectivity index (χ1v) is 5.53. The van der Waals surface area contributed by atoms with E-state index < -0.39 is 6.23 Å². The largest absolute Gasteiger partial charge is 0.396 e. The van der Waals surface area contributed by atoms with E-state index in [1.165, 1.54) is 12.7 Å². The van der Waals surface area contributed by atoms with Gasteiger partial charge in [0.15, 0.2) is 11.2 Å². The minimum absolute atomic E-state index is 0.112. The minimum Gasteiger partial charge on any atom is -0.396 e. The summed E-state index contributed by atoms with van der Waals surface area (Å²) in [5, 5.41) is 18.3. The molecule has 1 saturated heterocycles. The Hall–Kier alpha value is -1.77. The smallest absolute Gasteiger partial charge is 0.278 e. The number of aliphatic hydroxyl groups excluding tert-OH is 2. The molecule has 2 aromatic rings. The van der Waals surface area contributed by atoms with Gasteiger partial charge < -0.3 is 19.9 Å². The molecule has 18 heavy (non-hydrogen) atoms. The average Bonchev–Trinajstić information content (AvgIpc) is 2.75. The summed E-state index contributed by atoms with van der Waals surface area (Å²) < 4.78 is 7.04. The van der Waals surface area contributed by atoms with Crippen LogP contribution in [0.4, 0.5) is 0 Å². The van der Waals surface area contributed by atoms with Gasteiger partial charge >= 0.3 is 0 Å². The number of aliphatic hydroxyl groups is 2. The number of aromatic amines is 1. The van der Waals surface area contributed by atoms with Crippen molar-refractivity contribution in [3.05, 3.63) is 23.0 Å². The maximum Gasteiger partial charge on any atom is 0.278 e. The van der Waals surface area contributed by atoms with Gasteiger partial charge in [0.1, 0.15) is 6.23 Å². The van der Waals surface area contributed by atoms with E-state index in [1.54, 1.807) is 4.57 Å². The Morgan fingerprint density at radius 1 is 1.39 bits per heavy atom. The van der Waals surface area contributed by atoms with Gasteiger partial charge in [-0.2, -0.15) is 0 Å². The summed E-state index contributed by atoms with van der Waals surface area (Å²) in [5.41, 5.74) is 0.307. The third kappa shape index (κ3) is 1.47. The average molecular weight is 252 g/mol. The number of rotatable bonds is 3. The van der Waals surface area contributed by atoms with Crippen molar-refractivity contribution in [1.82, 2.24) is 19.5 Å². The maximum atomic E-state index is 11.5. The fourth-order valence-electron chi connectivity index (χ4n) is 2.18. The number of nitrogens with one attached hydrogen (secondary N) is 1. The molecule has 2 aromatic heterocycles. The molecule has 0 aromatic carbocycles. The lowest BCUT2D eigenvalue weighted by Crippen LogP contribution is -2.49. The molecular weight excluding hydrogens is 240 g/mol. The number of hydrogen-bond donors (Lipinski definition) is 3. The van der Waals surface area contributed by atoms with Crippen LogP contribution in [0, 0.1) is 5.92 Å². The summed E-state index contributed by atoms with van der Waals surface area (Å²) in [6, 6.07) is 0. The number of fused-ring (bicyclic) bond motifs is 1. The Bertz CT molecular complexity index is 622. The van der Waals surface area contributed by atoms with E-state index in [0.717, 1.165) is 0 Å². The van der Waals surface area contributed by atoms with Crippen LogP contribution < -0.4 is 5.56 Å². The zero-order chi connectivity index (χ0) is 12.7. The summed E-state index contributed by atoms with van der Waals surface area (Å²) in [4.78, 5) is 21.9. The van der Waals surface area contributed by atoms with Crippen molar-refractivity contribution in [2.24, 2.45) is 5.92 Å². The van der Waals surface area contributed by atoms with Crippen molar-refractivity contribution >= 4 is 11.2 Å². The third-order valence-electron chi connectivity index (χ3n) is 3.19. The molecule has 3 N–H and O–H groups in total. The van der Waals surface area contributed by atoms with Crippen molar-refractivity contribution in [2.75, 3.05) is 13.2 Å². The van der Waals surface area contributed by atoms with E-state index in [0.29, 0.717) is 5.65 Å². The number of ether oxygens (including phenoxy) is 1. The SMILES string of the molecule is O=c1[nH]cnc2c1ncn2C1OC(CO)C1CO. The van der Waals surface area contributed by atoms with E-state index in [1.807, 2.05) is 0 Å². The van der Waals surface area contributed by atoms with Crippen LogP contribution in [0.1, 0.15) is 6.23 Å². The molecule has 3 rings (SSSR count). The monoisotopic (exact) mass is 252 g/mol. The second-order valence-corrected chi connectivity index (χ2v) is 4.15. The van der Waals surface area contributed by atoms with E-state index in [9.17, 15) is 9.90 Å². The van der Waals surface area contributed by atoms with Crippen LogP contribution in [-0.2, 0) is 4.74 Å². The number of H-pyrrole nitrogens is 1. The normalized spacial score (nSPS) is 27.3. The highest BCUT2D eigenvalue weighted by atomic mass is 16.5. The van der Waals surface area contributed by atoms with Gasteiger partial charge in [-0.15, -0.1) is 0 Å². The number of aromatic nitrogens is 4. The molecule has 8 heteroatoms. The number of imidazole rings is 1. The Labute approximate surface area is 101 Å². The van der Waals surface area contributed by atoms with E-state index in [4.69, 9.17) is 9.84 Å². The number of hydrogen-bond acceptors (Lipinski definition) is 6. The molecule has 1 fully saturated rings. The highest BCUT2D eigenvalue weighted by Gasteiger charge is 2.43. The highest BCUT2D eigenvalue weighted by Crippen LogP contribution is 2.37. The van der Waals surface area contributed by atoms with Gasteiger partial charge in [0.25, 0.3) is 5.56 Å². The molecule has 0 saturated carbocycles. The van der Waals surface area contributed by atoms with Crippen LogP contribution >= 0.6 is 0 Å². The lowest BCUT2D eigenvalue weighted by atomic mass is 9.95. The lowest BCUT2D eigenvalue weighted by molar-refractivity contribution is -0.243. The predicted molar refractivity (Wildman–Crippen MR) is 59.7 cm³/mol. The first-order valence-electron chi connectivity index (χ1n) is 5.53. The van der Waals surface area contributed by atoms with Gasteiger partial charge in [-0.05, 0) is 0 Å². The Kier molecular flexibility index (Phi) is 2.62. The summed E-state index contributed by atoms with van der Waals surface area (Å²) in [5.74, 6) is -0.228. The predicted octanol–water partition coefficient (Wildman–Crippen LogP) is -1.38. The standard InChI is InChI=1S/C10H12N4O4/c15-1-5-6(2-16)18-10(5)14-4-13-7-8(14)11-3-12-9(7)17/h3-6,10,15-16H,1-2H2,(H,11,12,17). The summed E-state index contributed by atoms with van der Waals surface area (Å²) in [6.07, 6.45) is 1.90. The maximum absolute atomic E-state index is 11.5. The van der Waals surface area contributed by atoms with Gasteiger partial charge in [0, 0.05) is 0 Å². The van der Waals surface area contributed by atoms with Crippen molar-refractivity contribution in [3.8, 4) is 0 Å². The van der Waals surface area contributed by atoms with Crippen molar-refractivity contribution in [1.29, 1.82) is 0 Å². The van der Waals surface area contributed by atoms with Crippen molar-refractivity contribution < 1.29 is 14.9 Å². The topological polar surface area (TPSA) is 113 Å². The molecule has 3 atom stereocenters. The van der Waals surface area contributed by atoms with Crippen LogP contribution in [0.25, 0.3) is 11.2 Å². The van der Waals surface area contributed by atoms with Gasteiger partial charge in [0.2, 0.25) is 0 Å². The molecule has 0 radical (unpaired) electrons. The molecule has 0 bridgehead atoms. The first kappa shape index (κ1) is 11.3. The Morgan fingerprint density at radius 3 is 2.94 bits per heavy atom. The van der Waals surface area contributed by atoms with Crippen molar-refractivity contribution in [2.45, 2.75) is 12.3 Å². The molecule has 3 unspecified atom stereocenters. The van der Waals surface area contributed by atoms with E-state index in [-0.39, 0.29) is 36.3 Å². The van der Waals surface area contributed by atoms with E-state index >= 15 is 0 Å². The van der Waals surface area contributed by atoms with Crippen LogP contribution in [-0.4, -0.2) is 49.0 Å². The van der Waals surface area contributed by atoms with Gasteiger partial charge in [-0.3, -0.25) is 9.36 Å². The van der Waals surface area contributed by atoms with Gasteiger partial charge in [-0.1, -0.05) is 0 Å². The third-order valence-corrected chi connectivity index (χ3v) is 3.19. The molecule has 96 valence electrons. The second kappa shape index (κ2) is 4.16. The molecular formula is C10H12N4O4. The molecule has 0 spiro atoms. The summed E-state index contributed by atoms with van der Waals surface area (Å²) in [7, 11) is 0. The molecule has 0 amide bonds. The molecule has 8 nitrogen and oxygen atoms in total. The van der Waals surface area contributed by atoms with Gasteiger partial charge in [-0.25, -0.2) is 9.97 Å². The van der Waals surface area contributed by atoms with Crippen molar-refractivity contribution in [3.63, 3.8) is 0 Å². The van der Waals surface area contributed by atoms with Gasteiger partial charge in [0.05, 0.1) is 37.9 Å². The van der Waals surface area contributed by atoms with Crippen LogP contribution in [0.5, 0.6) is 0 Å². The van der Waals surface area contributed by atoms with Crippen LogP contribution in [0.2, 0.25) is 0 Å². The molecule has 1 aliphatic rings. The Morgan fingerprint density at radius 2 is 2.22 bits per heavy atom. The lowest BCUT2D eigenvalue weighted by Gasteiger charge is -2.43. The molecule has 1 aliphatic heterocycles. The minimum atomic E-state index is -0.452. The highest BCUT2D eigenvalue weighted by molar-refractivity contribution is 5.68. The molecule has 3 heterocycles. The fraction of sp³-hybridized carbons (Fsp3) is 0.500. The quantitative estimate of drug-likeness (QED) is 0.620. The van der Waals surface area contributed by atoms with E-state index in [2.05, 4.69) is 15.0 Å². The zero-order valence-corrected chi connectivity index (χ0v) is 9.35. The second-order valence-electron chi connectivity index (χ2n) is 4.15. The summed E-state index contributed by atoms with van der Waals surface area (Å²) >= 11 is 0. The van der Waals surface area contributed by atoms with Crippen LogP contribution in [0.3, 0.4) is 0 Å². The summed E-state index contributed by atoms with van der Waals surface area (Å²) in [6.45, 7) is -0.263. The number of nitrogens with zero attached hydrogens (tertiary/aromatic N) is 3. The molecule has 0 aliphatic carbocycles. The first-order chi connectivity index (χ1) is 8.76. The zero-order valence-electron chi connectivity index (χ0n) is 9.35. The Balaban J connectivity index is 2.01.